The molecule has 1 N–H and O–H groups in total. The van der Waals surface area contributed by atoms with Crippen LogP contribution in [-0.2, 0) is 10.3 Å². The second kappa shape index (κ2) is 3.52. The molecule has 5 nitrogen and oxygen atoms in total. The fraction of sp³-hybridized carbons (Fsp3) is 0.714. The highest BCUT2D eigenvalue weighted by Gasteiger charge is 2.66. The van der Waals surface area contributed by atoms with Gasteiger partial charge in [0.25, 0.3) is 0 Å². The summed E-state index contributed by atoms with van der Waals surface area (Å²) in [4.78, 5) is 11.7. The number of ether oxygens (including phenoxy) is 1. The smallest absolute Gasteiger partial charge is 0.331 e. The van der Waals surface area contributed by atoms with E-state index in [2.05, 4.69) is 18.9 Å². The molecule has 3 rings (SSSR count). The van der Waals surface area contributed by atoms with E-state index in [1.807, 2.05) is 0 Å². The summed E-state index contributed by atoms with van der Waals surface area (Å²) in [6, 6.07) is 0. The SMILES string of the molecule is COc1cnn(C2(C(=O)O)CC3(CC(C)(C)C3)C2)c1. The van der Waals surface area contributed by atoms with Crippen LogP contribution in [0.1, 0.15) is 39.5 Å². The van der Waals surface area contributed by atoms with Gasteiger partial charge in [0.1, 0.15) is 0 Å². The molecule has 0 unspecified atom stereocenters. The van der Waals surface area contributed by atoms with Gasteiger partial charge in [-0.2, -0.15) is 5.10 Å². The number of hydrogen-bond donors (Lipinski definition) is 1. The second-order valence-corrected chi connectivity index (χ2v) is 7.03. The highest BCUT2D eigenvalue weighted by Crippen LogP contribution is 2.69. The van der Waals surface area contributed by atoms with E-state index in [1.165, 1.54) is 0 Å². The van der Waals surface area contributed by atoms with Crippen molar-refractivity contribution in [2.45, 2.75) is 45.1 Å². The zero-order chi connectivity index (χ0) is 13.9. The number of hydrogen-bond acceptors (Lipinski definition) is 3. The maximum Gasteiger partial charge on any atom is 0.331 e. The fourth-order valence-electron chi connectivity index (χ4n) is 4.47. The van der Waals surface area contributed by atoms with E-state index in [0.717, 1.165) is 12.8 Å². The van der Waals surface area contributed by atoms with E-state index >= 15 is 0 Å². The van der Waals surface area contributed by atoms with Gasteiger partial charge in [0.15, 0.2) is 11.3 Å². The lowest BCUT2D eigenvalue weighted by atomic mass is 9.41. The molecule has 0 amide bonds. The van der Waals surface area contributed by atoms with Crippen LogP contribution in [0.3, 0.4) is 0 Å². The highest BCUT2D eigenvalue weighted by atomic mass is 16.5. The van der Waals surface area contributed by atoms with Gasteiger partial charge in [-0.05, 0) is 36.5 Å². The Bertz CT molecular complexity index is 517. The number of methoxy groups -OCH3 is 1. The van der Waals surface area contributed by atoms with Crippen LogP contribution in [0, 0.1) is 10.8 Å². The number of nitrogens with zero attached hydrogens (tertiary/aromatic N) is 2. The van der Waals surface area contributed by atoms with Crippen molar-refractivity contribution >= 4 is 5.97 Å². The van der Waals surface area contributed by atoms with Gasteiger partial charge in [-0.3, -0.25) is 4.68 Å². The summed E-state index contributed by atoms with van der Waals surface area (Å²) in [7, 11) is 1.56. The minimum atomic E-state index is -0.868. The summed E-state index contributed by atoms with van der Waals surface area (Å²) in [5, 5.41) is 13.8. The summed E-state index contributed by atoms with van der Waals surface area (Å²) in [6.45, 7) is 4.49. The van der Waals surface area contributed by atoms with Gasteiger partial charge < -0.3 is 9.84 Å². The molecule has 1 spiro atoms. The fourth-order valence-corrected chi connectivity index (χ4v) is 4.47. The van der Waals surface area contributed by atoms with E-state index in [-0.39, 0.29) is 5.41 Å². The molecule has 5 heteroatoms. The molecule has 104 valence electrons. The van der Waals surface area contributed by atoms with Crippen molar-refractivity contribution in [1.82, 2.24) is 9.78 Å². The molecule has 0 aromatic carbocycles. The van der Waals surface area contributed by atoms with Crippen LogP contribution in [-0.4, -0.2) is 28.0 Å². The molecule has 2 aliphatic carbocycles. The Kier molecular flexibility index (Phi) is 2.32. The Morgan fingerprint density at radius 3 is 2.42 bits per heavy atom. The van der Waals surface area contributed by atoms with Crippen molar-refractivity contribution < 1.29 is 14.6 Å². The molecule has 0 bridgehead atoms. The number of carboxylic acids is 1. The molecular formula is C14H20N2O3. The Hall–Kier alpha value is -1.52. The predicted molar refractivity (Wildman–Crippen MR) is 69.1 cm³/mol. The maximum atomic E-state index is 11.7. The topological polar surface area (TPSA) is 64.4 Å². The van der Waals surface area contributed by atoms with Crippen LogP contribution in [0.25, 0.3) is 0 Å². The summed E-state index contributed by atoms with van der Waals surface area (Å²) >= 11 is 0. The average molecular weight is 264 g/mol. The van der Waals surface area contributed by atoms with Gasteiger partial charge in [-0.15, -0.1) is 0 Å². The minimum absolute atomic E-state index is 0.223. The molecule has 1 heterocycles. The molecule has 2 saturated carbocycles. The number of carboxylic acid groups (broad SMARTS) is 1. The summed E-state index contributed by atoms with van der Waals surface area (Å²) in [5.41, 5.74) is -0.277. The number of rotatable bonds is 3. The normalized spacial score (nSPS) is 25.4. The number of aromatic nitrogens is 2. The van der Waals surface area contributed by atoms with Crippen LogP contribution in [0.5, 0.6) is 5.75 Å². The van der Waals surface area contributed by atoms with Crippen LogP contribution < -0.4 is 4.74 Å². The molecule has 0 aliphatic heterocycles. The van der Waals surface area contributed by atoms with Crippen molar-refractivity contribution in [3.8, 4) is 5.75 Å². The largest absolute Gasteiger partial charge is 0.493 e. The summed E-state index contributed by atoms with van der Waals surface area (Å²) < 4.78 is 6.66. The standard InChI is InChI=1S/C14H20N2O3/c1-12(2)6-13(7-12)8-14(9-13,11(17)18)16-5-10(19-3)4-15-16/h4-5H,6-9H2,1-3H3,(H,17,18). The van der Waals surface area contributed by atoms with Crippen molar-refractivity contribution in [3.63, 3.8) is 0 Å². The predicted octanol–water partition coefficient (Wildman–Crippen LogP) is 2.27. The summed E-state index contributed by atoms with van der Waals surface area (Å²) in [6.07, 6.45) is 6.86. The molecule has 1 aromatic rings. The van der Waals surface area contributed by atoms with Gasteiger partial charge in [0.05, 0.1) is 19.5 Å². The van der Waals surface area contributed by atoms with Gasteiger partial charge in [0.2, 0.25) is 0 Å². The van der Waals surface area contributed by atoms with Crippen LogP contribution in [0.15, 0.2) is 12.4 Å². The number of aliphatic carboxylic acids is 1. The van der Waals surface area contributed by atoms with E-state index in [9.17, 15) is 9.90 Å². The number of carbonyl (C=O) groups is 1. The molecule has 1 aromatic heterocycles. The zero-order valence-corrected chi connectivity index (χ0v) is 11.6. The van der Waals surface area contributed by atoms with E-state index in [1.54, 1.807) is 24.2 Å². The van der Waals surface area contributed by atoms with Crippen molar-refractivity contribution in [2.24, 2.45) is 10.8 Å². The lowest BCUT2D eigenvalue weighted by Crippen LogP contribution is -2.64. The van der Waals surface area contributed by atoms with Gasteiger partial charge in [-0.1, -0.05) is 13.8 Å². The van der Waals surface area contributed by atoms with E-state index in [0.29, 0.717) is 24.0 Å². The molecule has 0 atom stereocenters. The molecule has 19 heavy (non-hydrogen) atoms. The Morgan fingerprint density at radius 2 is 2.00 bits per heavy atom. The highest BCUT2D eigenvalue weighted by molar-refractivity contribution is 5.78. The van der Waals surface area contributed by atoms with Crippen molar-refractivity contribution in [3.05, 3.63) is 12.4 Å². The first-order valence-electron chi connectivity index (χ1n) is 6.64. The zero-order valence-electron chi connectivity index (χ0n) is 11.6. The Morgan fingerprint density at radius 1 is 1.37 bits per heavy atom. The second-order valence-electron chi connectivity index (χ2n) is 7.03. The first-order valence-corrected chi connectivity index (χ1v) is 6.64. The van der Waals surface area contributed by atoms with Crippen LogP contribution >= 0.6 is 0 Å². The van der Waals surface area contributed by atoms with Crippen molar-refractivity contribution in [1.29, 1.82) is 0 Å². The quantitative estimate of drug-likeness (QED) is 0.909. The summed E-state index contributed by atoms with van der Waals surface area (Å²) in [5.74, 6) is -0.177. The third-order valence-corrected chi connectivity index (χ3v) is 4.67. The first-order chi connectivity index (χ1) is 8.81. The van der Waals surface area contributed by atoms with Gasteiger partial charge in [0, 0.05) is 0 Å². The molecule has 2 aliphatic rings. The van der Waals surface area contributed by atoms with Gasteiger partial charge >= 0.3 is 5.97 Å². The molecule has 2 fully saturated rings. The third-order valence-electron chi connectivity index (χ3n) is 4.67. The monoisotopic (exact) mass is 264 g/mol. The average Bonchev–Trinajstić information content (AvgIpc) is 2.69. The van der Waals surface area contributed by atoms with E-state index < -0.39 is 11.5 Å². The lowest BCUT2D eigenvalue weighted by Gasteiger charge is -2.64. The lowest BCUT2D eigenvalue weighted by molar-refractivity contribution is -0.188. The maximum absolute atomic E-state index is 11.7. The molecule has 0 saturated heterocycles. The van der Waals surface area contributed by atoms with Crippen molar-refractivity contribution in [2.75, 3.05) is 7.11 Å². The minimum Gasteiger partial charge on any atom is -0.493 e. The van der Waals surface area contributed by atoms with Crippen LogP contribution in [0.2, 0.25) is 0 Å². The first kappa shape index (κ1) is 12.5. The molecular weight excluding hydrogens is 244 g/mol. The van der Waals surface area contributed by atoms with E-state index in [4.69, 9.17) is 4.74 Å². The molecule has 0 radical (unpaired) electrons. The van der Waals surface area contributed by atoms with Gasteiger partial charge in [-0.25, -0.2) is 4.79 Å². The Balaban J connectivity index is 1.83. The van der Waals surface area contributed by atoms with Crippen LogP contribution in [0.4, 0.5) is 0 Å². The third kappa shape index (κ3) is 1.67. The Labute approximate surface area is 112 Å².